The van der Waals surface area contributed by atoms with E-state index in [0.29, 0.717) is 16.7 Å². The van der Waals surface area contributed by atoms with Crippen LogP contribution in [0.4, 0.5) is 4.39 Å². The molecule has 1 amide bonds. The molecule has 0 aromatic heterocycles. The van der Waals surface area contributed by atoms with Gasteiger partial charge in [0.05, 0.1) is 10.9 Å². The number of aromatic hydroxyl groups is 1. The number of phenols is 1. The SMILES string of the molecule is Cc1cc(C(=O)NC(C)c2ccc(O)c(F)c2)cc(S(N)(=O)=O)c1C. The average molecular weight is 366 g/mol. The number of nitrogens with one attached hydrogen (secondary N) is 1. The van der Waals surface area contributed by atoms with E-state index in [2.05, 4.69) is 5.32 Å². The first kappa shape index (κ1) is 18.9. The molecular formula is C17H19FN2O4S. The molecule has 0 radical (unpaired) electrons. The van der Waals surface area contributed by atoms with Gasteiger partial charge in [0.25, 0.3) is 5.91 Å². The van der Waals surface area contributed by atoms with Gasteiger partial charge in [-0.1, -0.05) is 6.07 Å². The maximum Gasteiger partial charge on any atom is 0.251 e. The topological polar surface area (TPSA) is 109 Å². The highest BCUT2D eigenvalue weighted by molar-refractivity contribution is 7.89. The molecule has 0 aliphatic heterocycles. The number of carbonyl (C=O) groups is 1. The number of carbonyl (C=O) groups excluding carboxylic acids is 1. The van der Waals surface area contributed by atoms with Crippen molar-refractivity contribution < 1.29 is 22.7 Å². The van der Waals surface area contributed by atoms with Gasteiger partial charge in [0.1, 0.15) is 0 Å². The van der Waals surface area contributed by atoms with Gasteiger partial charge in [-0.15, -0.1) is 0 Å². The van der Waals surface area contributed by atoms with Crippen molar-refractivity contribution in [3.8, 4) is 5.75 Å². The summed E-state index contributed by atoms with van der Waals surface area (Å²) in [7, 11) is -3.96. The van der Waals surface area contributed by atoms with Crippen molar-refractivity contribution in [2.45, 2.75) is 31.7 Å². The van der Waals surface area contributed by atoms with Crippen LogP contribution in [0.3, 0.4) is 0 Å². The van der Waals surface area contributed by atoms with Gasteiger partial charge < -0.3 is 10.4 Å². The molecule has 0 heterocycles. The molecule has 0 aliphatic carbocycles. The highest BCUT2D eigenvalue weighted by Crippen LogP contribution is 2.23. The van der Waals surface area contributed by atoms with Crippen molar-refractivity contribution >= 4 is 15.9 Å². The average Bonchev–Trinajstić information content (AvgIpc) is 2.51. The molecule has 6 nitrogen and oxygen atoms in total. The molecule has 0 fully saturated rings. The Kier molecular flexibility index (Phi) is 5.15. The Balaban J connectivity index is 2.32. The first-order valence-electron chi connectivity index (χ1n) is 7.44. The molecular weight excluding hydrogens is 347 g/mol. The number of nitrogens with two attached hydrogens (primary N) is 1. The van der Waals surface area contributed by atoms with Crippen molar-refractivity contribution in [3.63, 3.8) is 0 Å². The smallest absolute Gasteiger partial charge is 0.251 e. The summed E-state index contributed by atoms with van der Waals surface area (Å²) in [6, 6.07) is 6.03. The fraction of sp³-hybridized carbons (Fsp3) is 0.235. The number of rotatable bonds is 4. The third kappa shape index (κ3) is 4.15. The van der Waals surface area contributed by atoms with E-state index in [9.17, 15) is 22.7 Å². The minimum Gasteiger partial charge on any atom is -0.505 e. The molecule has 0 spiro atoms. The normalized spacial score (nSPS) is 12.7. The summed E-state index contributed by atoms with van der Waals surface area (Å²) in [6.07, 6.45) is 0. The Morgan fingerprint density at radius 2 is 1.88 bits per heavy atom. The van der Waals surface area contributed by atoms with Crippen LogP contribution >= 0.6 is 0 Å². The minimum atomic E-state index is -3.96. The Labute approximate surface area is 145 Å². The van der Waals surface area contributed by atoms with Crippen LogP contribution in [0.2, 0.25) is 0 Å². The van der Waals surface area contributed by atoms with Crippen LogP contribution in [-0.2, 0) is 10.0 Å². The fourth-order valence-electron chi connectivity index (χ4n) is 2.41. The van der Waals surface area contributed by atoms with Gasteiger partial charge in [-0.25, -0.2) is 17.9 Å². The highest BCUT2D eigenvalue weighted by atomic mass is 32.2. The number of benzene rings is 2. The Hall–Kier alpha value is -2.45. The van der Waals surface area contributed by atoms with Gasteiger partial charge >= 0.3 is 0 Å². The standard InChI is InChI=1S/C17H19FN2O4S/c1-9-6-13(8-16(10(9)2)25(19,23)24)17(22)20-11(3)12-4-5-15(21)14(18)7-12/h4-8,11,21H,1-3H3,(H,20,22)(H2,19,23,24). The number of aryl methyl sites for hydroxylation is 1. The number of halogens is 1. The third-order valence-corrected chi connectivity index (χ3v) is 5.04. The van der Waals surface area contributed by atoms with Crippen LogP contribution in [0.1, 0.15) is 40.0 Å². The van der Waals surface area contributed by atoms with Crippen molar-refractivity contribution in [1.29, 1.82) is 0 Å². The lowest BCUT2D eigenvalue weighted by Gasteiger charge is -2.16. The second-order valence-electron chi connectivity index (χ2n) is 5.87. The fourth-order valence-corrected chi connectivity index (χ4v) is 3.29. The monoisotopic (exact) mass is 366 g/mol. The molecule has 0 aliphatic rings. The number of hydrogen-bond donors (Lipinski definition) is 3. The Morgan fingerprint density at radius 3 is 2.44 bits per heavy atom. The van der Waals surface area contributed by atoms with Crippen molar-refractivity contribution in [2.75, 3.05) is 0 Å². The lowest BCUT2D eigenvalue weighted by atomic mass is 10.0. The number of sulfonamides is 1. The van der Waals surface area contributed by atoms with Crippen LogP contribution < -0.4 is 10.5 Å². The van der Waals surface area contributed by atoms with Crippen molar-refractivity contribution in [2.24, 2.45) is 5.14 Å². The lowest BCUT2D eigenvalue weighted by Crippen LogP contribution is -2.27. The maximum atomic E-state index is 13.4. The van der Waals surface area contributed by atoms with E-state index in [0.717, 1.165) is 6.07 Å². The first-order chi connectivity index (χ1) is 11.5. The largest absolute Gasteiger partial charge is 0.505 e. The molecule has 2 aromatic carbocycles. The molecule has 25 heavy (non-hydrogen) atoms. The minimum absolute atomic E-state index is 0.110. The zero-order chi connectivity index (χ0) is 18.9. The second-order valence-corrected chi connectivity index (χ2v) is 7.40. The van der Waals surface area contributed by atoms with Crippen LogP contribution in [0, 0.1) is 19.7 Å². The van der Waals surface area contributed by atoms with Gasteiger partial charge in [0, 0.05) is 5.56 Å². The predicted molar refractivity (Wildman–Crippen MR) is 91.2 cm³/mol. The van der Waals surface area contributed by atoms with Crippen LogP contribution in [0.15, 0.2) is 35.2 Å². The first-order valence-corrected chi connectivity index (χ1v) is 8.98. The second kappa shape index (κ2) is 6.81. The summed E-state index contributed by atoms with van der Waals surface area (Å²) in [6.45, 7) is 4.93. The summed E-state index contributed by atoms with van der Waals surface area (Å²) in [5.41, 5.74) is 1.69. The number of primary sulfonamides is 1. The molecule has 8 heteroatoms. The van der Waals surface area contributed by atoms with Crippen molar-refractivity contribution in [3.05, 3.63) is 58.4 Å². The Morgan fingerprint density at radius 1 is 1.24 bits per heavy atom. The quantitative estimate of drug-likeness (QED) is 0.771. The van der Waals surface area contributed by atoms with Gasteiger partial charge in [-0.2, -0.15) is 0 Å². The summed E-state index contributed by atoms with van der Waals surface area (Å²) in [5.74, 6) is -1.79. The lowest BCUT2D eigenvalue weighted by molar-refractivity contribution is 0.0939. The summed E-state index contributed by atoms with van der Waals surface area (Å²) >= 11 is 0. The molecule has 2 rings (SSSR count). The number of hydrogen-bond acceptors (Lipinski definition) is 4. The predicted octanol–water partition coefficient (Wildman–Crippen LogP) is 2.29. The summed E-state index contributed by atoms with van der Waals surface area (Å²) in [5, 5.41) is 17.1. The molecule has 4 N–H and O–H groups in total. The molecule has 0 saturated carbocycles. The van der Waals surface area contributed by atoms with E-state index in [1.54, 1.807) is 26.8 Å². The van der Waals surface area contributed by atoms with E-state index in [-0.39, 0.29) is 10.5 Å². The molecule has 134 valence electrons. The maximum absolute atomic E-state index is 13.4. The van der Waals surface area contributed by atoms with E-state index in [4.69, 9.17) is 5.14 Å². The number of phenolic OH excluding ortho intramolecular Hbond substituents is 1. The summed E-state index contributed by atoms with van der Waals surface area (Å²) in [4.78, 5) is 12.3. The highest BCUT2D eigenvalue weighted by Gasteiger charge is 2.19. The van der Waals surface area contributed by atoms with Crippen LogP contribution in [0.25, 0.3) is 0 Å². The van der Waals surface area contributed by atoms with Crippen LogP contribution in [0.5, 0.6) is 5.75 Å². The molecule has 0 saturated heterocycles. The molecule has 0 bridgehead atoms. The van der Waals surface area contributed by atoms with Gasteiger partial charge in [0.15, 0.2) is 11.6 Å². The zero-order valence-corrected chi connectivity index (χ0v) is 14.8. The van der Waals surface area contributed by atoms with Crippen LogP contribution in [-0.4, -0.2) is 19.4 Å². The van der Waals surface area contributed by atoms with E-state index in [1.165, 1.54) is 18.2 Å². The van der Waals surface area contributed by atoms with Gasteiger partial charge in [-0.05, 0) is 61.7 Å². The Bertz CT molecular complexity index is 942. The zero-order valence-electron chi connectivity index (χ0n) is 14.0. The molecule has 1 unspecified atom stereocenters. The number of amides is 1. The molecule has 2 aromatic rings. The summed E-state index contributed by atoms with van der Waals surface area (Å²) < 4.78 is 36.8. The van der Waals surface area contributed by atoms with Gasteiger partial charge in [0.2, 0.25) is 10.0 Å². The van der Waals surface area contributed by atoms with E-state index < -0.39 is 33.5 Å². The van der Waals surface area contributed by atoms with Gasteiger partial charge in [-0.3, -0.25) is 4.79 Å². The third-order valence-electron chi connectivity index (χ3n) is 4.01. The molecule has 1 atom stereocenters. The van der Waals surface area contributed by atoms with Crippen molar-refractivity contribution in [1.82, 2.24) is 5.32 Å². The van der Waals surface area contributed by atoms with E-state index >= 15 is 0 Å². The van der Waals surface area contributed by atoms with E-state index in [1.807, 2.05) is 0 Å².